The van der Waals surface area contributed by atoms with Gasteiger partial charge in [-0.1, -0.05) is 30.3 Å². The smallest absolute Gasteiger partial charge is 0.162 e. The predicted octanol–water partition coefficient (Wildman–Crippen LogP) is 3.11. The standard InChI is InChI=1S/C15H18N2O/c1-13(18)15-11-16-17(12-15)10-6-5-9-14-7-3-2-4-8-14/h2-4,7-8,11-12H,5-6,9-10H2,1H3. The van der Waals surface area contributed by atoms with Crippen LogP contribution in [-0.4, -0.2) is 15.6 Å². The van der Waals surface area contributed by atoms with E-state index in [2.05, 4.69) is 29.4 Å². The minimum atomic E-state index is 0.0746. The number of aryl methyl sites for hydroxylation is 2. The average molecular weight is 242 g/mol. The van der Waals surface area contributed by atoms with Gasteiger partial charge in [0, 0.05) is 12.7 Å². The van der Waals surface area contributed by atoms with Crippen molar-refractivity contribution in [2.45, 2.75) is 32.7 Å². The first-order chi connectivity index (χ1) is 8.75. The first-order valence-corrected chi connectivity index (χ1v) is 6.33. The number of carbonyl (C=O) groups is 1. The third-order valence-electron chi connectivity index (χ3n) is 2.99. The number of carbonyl (C=O) groups excluding carboxylic acids is 1. The maximum Gasteiger partial charge on any atom is 0.162 e. The summed E-state index contributed by atoms with van der Waals surface area (Å²) < 4.78 is 1.85. The molecule has 0 spiro atoms. The van der Waals surface area contributed by atoms with Crippen molar-refractivity contribution < 1.29 is 4.79 Å². The van der Waals surface area contributed by atoms with Gasteiger partial charge in [-0.3, -0.25) is 9.48 Å². The number of Topliss-reactive ketones (excluding diaryl/α,β-unsaturated/α-hetero) is 1. The second kappa shape index (κ2) is 6.15. The van der Waals surface area contributed by atoms with Crippen LogP contribution >= 0.6 is 0 Å². The van der Waals surface area contributed by atoms with Crippen LogP contribution < -0.4 is 0 Å². The predicted molar refractivity (Wildman–Crippen MR) is 71.6 cm³/mol. The van der Waals surface area contributed by atoms with E-state index in [4.69, 9.17) is 0 Å². The third-order valence-corrected chi connectivity index (χ3v) is 2.99. The van der Waals surface area contributed by atoms with Crippen LogP contribution in [0.4, 0.5) is 0 Å². The quantitative estimate of drug-likeness (QED) is 0.576. The Morgan fingerprint density at radius 3 is 2.67 bits per heavy atom. The average Bonchev–Trinajstić information content (AvgIpc) is 2.85. The number of hydrogen-bond donors (Lipinski definition) is 0. The summed E-state index contributed by atoms with van der Waals surface area (Å²) in [5.74, 6) is 0.0746. The van der Waals surface area contributed by atoms with Gasteiger partial charge in [0.05, 0.1) is 11.8 Å². The molecule has 1 aromatic carbocycles. The fourth-order valence-electron chi connectivity index (χ4n) is 1.92. The van der Waals surface area contributed by atoms with E-state index in [1.165, 1.54) is 5.56 Å². The lowest BCUT2D eigenvalue weighted by atomic mass is 10.1. The second-order valence-electron chi connectivity index (χ2n) is 4.49. The Bertz CT molecular complexity index is 502. The number of aromatic nitrogens is 2. The molecule has 1 heterocycles. The Labute approximate surface area is 107 Å². The van der Waals surface area contributed by atoms with Crippen LogP contribution in [0.15, 0.2) is 42.7 Å². The Hall–Kier alpha value is -1.90. The zero-order valence-corrected chi connectivity index (χ0v) is 10.7. The van der Waals surface area contributed by atoms with Crippen molar-refractivity contribution in [2.24, 2.45) is 0 Å². The van der Waals surface area contributed by atoms with Gasteiger partial charge < -0.3 is 0 Å². The Morgan fingerprint density at radius 2 is 2.00 bits per heavy atom. The largest absolute Gasteiger partial charge is 0.294 e. The molecule has 0 bridgehead atoms. The van der Waals surface area contributed by atoms with Gasteiger partial charge in [-0.2, -0.15) is 5.10 Å². The van der Waals surface area contributed by atoms with Crippen molar-refractivity contribution in [2.75, 3.05) is 0 Å². The molecule has 0 radical (unpaired) electrons. The zero-order valence-electron chi connectivity index (χ0n) is 10.7. The molecule has 2 aromatic rings. The Kier molecular flexibility index (Phi) is 4.29. The summed E-state index contributed by atoms with van der Waals surface area (Å²) >= 11 is 0. The van der Waals surface area contributed by atoms with Gasteiger partial charge in [0.25, 0.3) is 0 Å². The van der Waals surface area contributed by atoms with Gasteiger partial charge in [0.2, 0.25) is 0 Å². The summed E-state index contributed by atoms with van der Waals surface area (Å²) in [6.07, 6.45) is 6.78. The minimum absolute atomic E-state index is 0.0746. The number of hydrogen-bond acceptors (Lipinski definition) is 2. The van der Waals surface area contributed by atoms with Crippen molar-refractivity contribution in [1.82, 2.24) is 9.78 Å². The molecule has 3 nitrogen and oxygen atoms in total. The molecular formula is C15H18N2O. The van der Waals surface area contributed by atoms with E-state index >= 15 is 0 Å². The Morgan fingerprint density at radius 1 is 1.22 bits per heavy atom. The van der Waals surface area contributed by atoms with Crippen LogP contribution in [0.2, 0.25) is 0 Å². The lowest BCUT2D eigenvalue weighted by Crippen LogP contribution is -1.99. The van der Waals surface area contributed by atoms with Crippen LogP contribution in [0, 0.1) is 0 Å². The molecule has 0 atom stereocenters. The second-order valence-corrected chi connectivity index (χ2v) is 4.49. The Balaban J connectivity index is 1.73. The maximum absolute atomic E-state index is 11.1. The fourth-order valence-corrected chi connectivity index (χ4v) is 1.92. The molecule has 0 saturated carbocycles. The summed E-state index contributed by atoms with van der Waals surface area (Å²) in [5, 5.41) is 4.18. The normalized spacial score (nSPS) is 10.5. The first kappa shape index (κ1) is 12.6. The van der Waals surface area contributed by atoms with Crippen LogP contribution in [-0.2, 0) is 13.0 Å². The van der Waals surface area contributed by atoms with Crippen molar-refractivity contribution >= 4 is 5.78 Å². The van der Waals surface area contributed by atoms with Crippen LogP contribution in [0.3, 0.4) is 0 Å². The molecule has 2 rings (SSSR count). The van der Waals surface area contributed by atoms with E-state index in [1.807, 2.05) is 16.9 Å². The molecule has 0 saturated heterocycles. The zero-order chi connectivity index (χ0) is 12.8. The van der Waals surface area contributed by atoms with Crippen LogP contribution in [0.5, 0.6) is 0 Å². The van der Waals surface area contributed by atoms with Gasteiger partial charge in [-0.05, 0) is 31.7 Å². The number of benzene rings is 1. The highest BCUT2D eigenvalue weighted by atomic mass is 16.1. The monoisotopic (exact) mass is 242 g/mol. The SMILES string of the molecule is CC(=O)c1cnn(CCCCc2ccccc2)c1. The molecule has 0 aliphatic heterocycles. The number of unbranched alkanes of at least 4 members (excludes halogenated alkanes) is 1. The summed E-state index contributed by atoms with van der Waals surface area (Å²) in [7, 11) is 0. The van der Waals surface area contributed by atoms with E-state index in [0.29, 0.717) is 5.56 Å². The number of nitrogens with zero attached hydrogens (tertiary/aromatic N) is 2. The topological polar surface area (TPSA) is 34.9 Å². The lowest BCUT2D eigenvalue weighted by Gasteiger charge is -2.02. The molecule has 0 amide bonds. The summed E-state index contributed by atoms with van der Waals surface area (Å²) in [6.45, 7) is 2.44. The van der Waals surface area contributed by atoms with E-state index in [9.17, 15) is 4.79 Å². The molecule has 0 unspecified atom stereocenters. The van der Waals surface area contributed by atoms with E-state index in [1.54, 1.807) is 13.1 Å². The molecule has 3 heteroatoms. The summed E-state index contributed by atoms with van der Waals surface area (Å²) in [5.41, 5.74) is 2.07. The van der Waals surface area contributed by atoms with E-state index in [0.717, 1.165) is 25.8 Å². The molecular weight excluding hydrogens is 224 g/mol. The van der Waals surface area contributed by atoms with Crippen molar-refractivity contribution in [3.05, 3.63) is 53.9 Å². The van der Waals surface area contributed by atoms with Gasteiger partial charge in [0.15, 0.2) is 5.78 Å². The van der Waals surface area contributed by atoms with Gasteiger partial charge in [-0.25, -0.2) is 0 Å². The molecule has 0 aliphatic rings. The van der Waals surface area contributed by atoms with Crippen LogP contribution in [0.1, 0.15) is 35.7 Å². The molecule has 94 valence electrons. The molecule has 0 N–H and O–H groups in total. The van der Waals surface area contributed by atoms with E-state index < -0.39 is 0 Å². The molecule has 0 aliphatic carbocycles. The van der Waals surface area contributed by atoms with Crippen molar-refractivity contribution in [3.63, 3.8) is 0 Å². The third kappa shape index (κ3) is 3.55. The van der Waals surface area contributed by atoms with E-state index in [-0.39, 0.29) is 5.78 Å². The summed E-state index contributed by atoms with van der Waals surface area (Å²) in [6, 6.07) is 10.5. The number of rotatable bonds is 6. The maximum atomic E-state index is 11.1. The number of ketones is 1. The molecule has 1 aromatic heterocycles. The fraction of sp³-hybridized carbons (Fsp3) is 0.333. The first-order valence-electron chi connectivity index (χ1n) is 6.33. The molecule has 0 fully saturated rings. The van der Waals surface area contributed by atoms with Crippen molar-refractivity contribution in [1.29, 1.82) is 0 Å². The van der Waals surface area contributed by atoms with Gasteiger partial charge >= 0.3 is 0 Å². The van der Waals surface area contributed by atoms with Gasteiger partial charge in [-0.15, -0.1) is 0 Å². The van der Waals surface area contributed by atoms with Crippen molar-refractivity contribution in [3.8, 4) is 0 Å². The lowest BCUT2D eigenvalue weighted by molar-refractivity contribution is 0.101. The highest BCUT2D eigenvalue weighted by molar-refractivity contribution is 5.93. The highest BCUT2D eigenvalue weighted by Crippen LogP contribution is 2.06. The molecule has 18 heavy (non-hydrogen) atoms. The van der Waals surface area contributed by atoms with Gasteiger partial charge in [0.1, 0.15) is 0 Å². The van der Waals surface area contributed by atoms with Crippen LogP contribution in [0.25, 0.3) is 0 Å². The summed E-state index contributed by atoms with van der Waals surface area (Å²) in [4.78, 5) is 11.1. The highest BCUT2D eigenvalue weighted by Gasteiger charge is 2.02. The minimum Gasteiger partial charge on any atom is -0.294 e.